The van der Waals surface area contributed by atoms with Gasteiger partial charge in [-0.05, 0) is 5.92 Å². The van der Waals surface area contributed by atoms with E-state index in [0.29, 0.717) is 0 Å². The van der Waals surface area contributed by atoms with E-state index in [2.05, 4.69) is 20.8 Å². The van der Waals surface area contributed by atoms with Crippen LogP contribution >= 0.6 is 0 Å². The van der Waals surface area contributed by atoms with Crippen molar-refractivity contribution in [2.45, 2.75) is 51.7 Å². The van der Waals surface area contributed by atoms with Gasteiger partial charge in [-0.25, -0.2) is 0 Å². The molecular weight excluding hydrogens is 264 g/mol. The van der Waals surface area contributed by atoms with Crippen molar-refractivity contribution in [2.24, 2.45) is 5.92 Å². The summed E-state index contributed by atoms with van der Waals surface area (Å²) in [6.45, 7) is 7.69. The van der Waals surface area contributed by atoms with Gasteiger partial charge in [0, 0.05) is 6.42 Å². The Labute approximate surface area is 99.0 Å². The van der Waals surface area contributed by atoms with Crippen LogP contribution in [0.3, 0.4) is 0 Å². The van der Waals surface area contributed by atoms with Crippen LogP contribution in [-0.4, -0.2) is 24.1 Å². The fourth-order valence-electron chi connectivity index (χ4n) is 0.648. The second-order valence-electron chi connectivity index (χ2n) is 4.18. The number of hydrogen-bond donors (Lipinski definition) is 1. The van der Waals surface area contributed by atoms with Gasteiger partial charge in [-0.2, -0.15) is 26.0 Å². The van der Waals surface area contributed by atoms with E-state index < -0.39 is 27.7 Å². The summed E-state index contributed by atoms with van der Waals surface area (Å²) >= 11 is 0. The summed E-state index contributed by atoms with van der Waals surface area (Å²) in [5, 5.41) is -5.42. The van der Waals surface area contributed by atoms with E-state index in [0.717, 1.165) is 5.92 Å². The zero-order valence-electron chi connectivity index (χ0n) is 10.2. The van der Waals surface area contributed by atoms with Crippen molar-refractivity contribution in [1.82, 2.24) is 0 Å². The van der Waals surface area contributed by atoms with Crippen molar-refractivity contribution in [3.63, 3.8) is 0 Å². The molecule has 0 saturated heterocycles. The van der Waals surface area contributed by atoms with E-state index in [1.165, 1.54) is 6.92 Å². The molecule has 0 rings (SSSR count). The number of halogens is 4. The summed E-state index contributed by atoms with van der Waals surface area (Å²) in [5.74, 6) is -3.91. The summed E-state index contributed by atoms with van der Waals surface area (Å²) in [4.78, 5) is 0. The van der Waals surface area contributed by atoms with Gasteiger partial charge in [0.25, 0.3) is 0 Å². The Bertz CT molecular complexity index is 309. The predicted octanol–water partition coefficient (Wildman–Crippen LogP) is 3.56. The lowest BCUT2D eigenvalue weighted by molar-refractivity contribution is -0.164. The lowest BCUT2D eigenvalue weighted by Crippen LogP contribution is -2.46. The largest absolute Gasteiger partial charge is 0.431 e. The average Bonchev–Trinajstić information content (AvgIpc) is 1.99. The maximum Gasteiger partial charge on any atom is 0.431 e. The van der Waals surface area contributed by atoms with E-state index in [1.807, 2.05) is 0 Å². The maximum atomic E-state index is 12.4. The van der Waals surface area contributed by atoms with Crippen LogP contribution in [0.2, 0.25) is 0 Å². The normalized spacial score (nSPS) is 13.3. The molecule has 0 heterocycles. The molecule has 0 atom stereocenters. The molecule has 0 aromatic heterocycles. The Balaban J connectivity index is 0. The summed E-state index contributed by atoms with van der Waals surface area (Å²) in [7, 11) is -6.07. The molecular formula is C9H18F4O3S. The fourth-order valence-corrected chi connectivity index (χ4v) is 1.13. The molecule has 0 aliphatic heterocycles. The molecule has 3 nitrogen and oxygen atoms in total. The van der Waals surface area contributed by atoms with Crippen LogP contribution in [0, 0.1) is 5.92 Å². The Morgan fingerprint density at radius 3 is 1.59 bits per heavy atom. The lowest BCUT2D eigenvalue weighted by Gasteiger charge is -2.22. The van der Waals surface area contributed by atoms with Gasteiger partial charge in [-0.15, -0.1) is 0 Å². The van der Waals surface area contributed by atoms with Crippen molar-refractivity contribution in [1.29, 1.82) is 0 Å². The third-order valence-electron chi connectivity index (χ3n) is 1.31. The molecule has 0 fully saturated rings. The zero-order chi connectivity index (χ0) is 14.5. The molecule has 8 heteroatoms. The number of alkyl halides is 4. The predicted molar refractivity (Wildman–Crippen MR) is 56.9 cm³/mol. The quantitative estimate of drug-likeness (QED) is 0.633. The third-order valence-corrected chi connectivity index (χ3v) is 2.26. The minimum Gasteiger partial charge on any atom is -0.281 e. The lowest BCUT2D eigenvalue weighted by atomic mass is 10.2. The molecule has 1 N–H and O–H groups in total. The molecule has 0 spiro atoms. The Morgan fingerprint density at radius 1 is 1.12 bits per heavy atom. The first-order valence-electron chi connectivity index (χ1n) is 5.02. The summed E-state index contributed by atoms with van der Waals surface area (Å²) in [6.07, 6.45) is -1.63. The molecule has 0 aliphatic carbocycles. The van der Waals surface area contributed by atoms with Crippen LogP contribution in [0.1, 0.15) is 40.5 Å². The molecule has 0 bridgehead atoms. The van der Waals surface area contributed by atoms with Crippen molar-refractivity contribution in [2.75, 3.05) is 0 Å². The van der Waals surface area contributed by atoms with Gasteiger partial charge < -0.3 is 0 Å². The van der Waals surface area contributed by atoms with Gasteiger partial charge in [0.2, 0.25) is 0 Å². The van der Waals surface area contributed by atoms with Crippen molar-refractivity contribution in [3.05, 3.63) is 0 Å². The second-order valence-corrected chi connectivity index (χ2v) is 5.64. The highest BCUT2D eigenvalue weighted by Crippen LogP contribution is 2.41. The van der Waals surface area contributed by atoms with Crippen LogP contribution in [0.4, 0.5) is 17.6 Å². The topological polar surface area (TPSA) is 54.4 Å². The van der Waals surface area contributed by atoms with E-state index in [4.69, 9.17) is 4.55 Å². The molecule has 0 aliphatic rings. The Hall–Kier alpha value is -0.370. The smallest absolute Gasteiger partial charge is 0.281 e. The number of hydrogen-bond acceptors (Lipinski definition) is 2. The Kier molecular flexibility index (Phi) is 7.29. The molecule has 0 unspecified atom stereocenters. The van der Waals surface area contributed by atoms with Crippen LogP contribution in [0.5, 0.6) is 0 Å². The van der Waals surface area contributed by atoms with Crippen LogP contribution in [0.25, 0.3) is 0 Å². The SMILES string of the molecule is CC(C)C.CCCC(F)(F)C(F)(F)S(=O)(=O)O. The molecule has 0 radical (unpaired) electrons. The summed E-state index contributed by atoms with van der Waals surface area (Å²) in [5.41, 5.74) is 0. The minimum atomic E-state index is -6.07. The monoisotopic (exact) mass is 282 g/mol. The van der Waals surface area contributed by atoms with E-state index >= 15 is 0 Å². The van der Waals surface area contributed by atoms with Crippen molar-refractivity contribution in [3.8, 4) is 0 Å². The van der Waals surface area contributed by atoms with Crippen molar-refractivity contribution < 1.29 is 30.5 Å². The van der Waals surface area contributed by atoms with Gasteiger partial charge in [0.15, 0.2) is 0 Å². The van der Waals surface area contributed by atoms with Gasteiger partial charge in [0.05, 0.1) is 0 Å². The minimum absolute atomic E-state index is 0.321. The Morgan fingerprint density at radius 2 is 1.41 bits per heavy atom. The maximum absolute atomic E-state index is 12.4. The van der Waals surface area contributed by atoms with Gasteiger partial charge >= 0.3 is 21.3 Å². The summed E-state index contributed by atoms with van der Waals surface area (Å²) in [6, 6.07) is 0. The van der Waals surface area contributed by atoms with Gasteiger partial charge in [-0.3, -0.25) is 4.55 Å². The number of rotatable bonds is 4. The molecule has 0 aromatic rings. The van der Waals surface area contributed by atoms with Crippen LogP contribution in [0.15, 0.2) is 0 Å². The first-order valence-corrected chi connectivity index (χ1v) is 6.46. The molecule has 106 valence electrons. The molecule has 0 saturated carbocycles. The fraction of sp³-hybridized carbons (Fsp3) is 1.00. The zero-order valence-corrected chi connectivity index (χ0v) is 11.0. The summed E-state index contributed by atoms with van der Waals surface area (Å²) < 4.78 is 77.1. The molecule has 0 aromatic carbocycles. The third kappa shape index (κ3) is 6.21. The van der Waals surface area contributed by atoms with Gasteiger partial charge in [-0.1, -0.05) is 34.1 Å². The first-order chi connectivity index (χ1) is 7.29. The van der Waals surface area contributed by atoms with Crippen LogP contribution < -0.4 is 0 Å². The van der Waals surface area contributed by atoms with E-state index in [9.17, 15) is 26.0 Å². The van der Waals surface area contributed by atoms with E-state index in [1.54, 1.807) is 0 Å². The highest BCUT2D eigenvalue weighted by molar-refractivity contribution is 7.87. The molecule has 0 amide bonds. The highest BCUT2D eigenvalue weighted by atomic mass is 32.2. The first kappa shape index (κ1) is 19.0. The van der Waals surface area contributed by atoms with Gasteiger partial charge in [0.1, 0.15) is 0 Å². The molecule has 17 heavy (non-hydrogen) atoms. The highest BCUT2D eigenvalue weighted by Gasteiger charge is 2.64. The van der Waals surface area contributed by atoms with Crippen molar-refractivity contribution >= 4 is 10.1 Å². The van der Waals surface area contributed by atoms with E-state index in [-0.39, 0.29) is 6.42 Å². The standard InChI is InChI=1S/C5H8F4O3S.C4H10/c1-2-3-4(6,7)5(8,9)13(10,11)12;1-4(2)3/h2-3H2,1H3,(H,10,11,12);4H,1-3H3. The average molecular weight is 282 g/mol. The van der Waals surface area contributed by atoms with Crippen LogP contribution in [-0.2, 0) is 10.1 Å². The second kappa shape index (κ2) is 6.53.